The third-order valence-electron chi connectivity index (χ3n) is 4.45. The van der Waals surface area contributed by atoms with Gasteiger partial charge in [-0.1, -0.05) is 13.3 Å². The summed E-state index contributed by atoms with van der Waals surface area (Å²) in [5.41, 5.74) is 0. The highest BCUT2D eigenvalue weighted by atomic mass is 32.2. The maximum atomic E-state index is 12.4. The molecule has 2 N–H and O–H groups in total. The number of carbonyl (C=O) groups excluding carboxylic acids is 2. The third-order valence-corrected chi connectivity index (χ3v) is 6.53. The van der Waals surface area contributed by atoms with E-state index in [0.717, 1.165) is 19.3 Å². The molecule has 0 aromatic carbocycles. The first-order valence-electron chi connectivity index (χ1n) is 8.50. The molecule has 2 aliphatic rings. The van der Waals surface area contributed by atoms with E-state index in [0.29, 0.717) is 38.8 Å². The molecule has 2 fully saturated rings. The molecule has 2 atom stereocenters. The largest absolute Gasteiger partial charge is 0.355 e. The van der Waals surface area contributed by atoms with Gasteiger partial charge in [0.05, 0.1) is 5.75 Å². The molecule has 0 unspecified atom stereocenters. The monoisotopic (exact) mass is 345 g/mol. The molecule has 7 nitrogen and oxygen atoms in total. The summed E-state index contributed by atoms with van der Waals surface area (Å²) in [4.78, 5) is 23.5. The van der Waals surface area contributed by atoms with Crippen LogP contribution in [0.5, 0.6) is 0 Å². The minimum atomic E-state index is -3.36. The van der Waals surface area contributed by atoms with E-state index in [1.54, 1.807) is 0 Å². The second-order valence-electron chi connectivity index (χ2n) is 6.32. The van der Waals surface area contributed by atoms with Gasteiger partial charge in [0, 0.05) is 25.6 Å². The van der Waals surface area contributed by atoms with Crippen LogP contribution in [0.4, 0.5) is 0 Å². The summed E-state index contributed by atoms with van der Waals surface area (Å²) in [6.45, 7) is 2.72. The number of nitrogens with one attached hydrogen (secondary N) is 2. The van der Waals surface area contributed by atoms with Gasteiger partial charge in [0.25, 0.3) is 0 Å². The van der Waals surface area contributed by atoms with Crippen molar-refractivity contribution in [3.05, 3.63) is 0 Å². The number of carbonyl (C=O) groups is 2. The van der Waals surface area contributed by atoms with Crippen molar-refractivity contribution in [2.24, 2.45) is 0 Å². The number of nitrogens with zero attached hydrogens (tertiary/aromatic N) is 1. The Labute approximate surface area is 138 Å². The van der Waals surface area contributed by atoms with E-state index in [2.05, 4.69) is 10.6 Å². The van der Waals surface area contributed by atoms with Crippen LogP contribution in [-0.4, -0.2) is 55.5 Å². The Morgan fingerprint density at radius 1 is 1.35 bits per heavy atom. The van der Waals surface area contributed by atoms with E-state index < -0.39 is 16.1 Å². The highest BCUT2D eigenvalue weighted by molar-refractivity contribution is 7.89. The quantitative estimate of drug-likeness (QED) is 0.697. The molecular formula is C15H27N3O4S. The fourth-order valence-electron chi connectivity index (χ4n) is 3.26. The average Bonchev–Trinajstić information content (AvgIpc) is 2.92. The molecule has 0 aromatic heterocycles. The van der Waals surface area contributed by atoms with Gasteiger partial charge in [0.2, 0.25) is 21.8 Å². The lowest BCUT2D eigenvalue weighted by atomic mass is 10.0. The number of amides is 2. The maximum Gasteiger partial charge on any atom is 0.238 e. The van der Waals surface area contributed by atoms with Gasteiger partial charge in [-0.05, 0) is 32.1 Å². The Balaban J connectivity index is 1.86. The van der Waals surface area contributed by atoms with Gasteiger partial charge in [0.15, 0.2) is 0 Å². The van der Waals surface area contributed by atoms with Crippen LogP contribution in [0.2, 0.25) is 0 Å². The first-order valence-corrected chi connectivity index (χ1v) is 10.1. The molecule has 23 heavy (non-hydrogen) atoms. The van der Waals surface area contributed by atoms with Crippen molar-refractivity contribution in [2.45, 2.75) is 64.0 Å². The molecule has 2 heterocycles. The normalized spacial score (nSPS) is 26.0. The minimum absolute atomic E-state index is 0.0606. The molecule has 0 bridgehead atoms. The predicted octanol–water partition coefficient (Wildman–Crippen LogP) is 0.366. The Hall–Kier alpha value is -1.15. The smallest absolute Gasteiger partial charge is 0.238 e. The zero-order valence-electron chi connectivity index (χ0n) is 13.7. The summed E-state index contributed by atoms with van der Waals surface area (Å²) < 4.78 is 26.0. The van der Waals surface area contributed by atoms with Gasteiger partial charge in [-0.2, -0.15) is 4.31 Å². The Bertz CT molecular complexity index is 535. The molecule has 0 saturated carbocycles. The van der Waals surface area contributed by atoms with Gasteiger partial charge >= 0.3 is 0 Å². The first-order chi connectivity index (χ1) is 10.9. The fraction of sp³-hybridized carbons (Fsp3) is 0.867. The summed E-state index contributed by atoms with van der Waals surface area (Å²) in [5, 5.41) is 5.70. The van der Waals surface area contributed by atoms with E-state index in [4.69, 9.17) is 0 Å². The Morgan fingerprint density at radius 2 is 2.13 bits per heavy atom. The van der Waals surface area contributed by atoms with Gasteiger partial charge in [-0.25, -0.2) is 8.42 Å². The van der Waals surface area contributed by atoms with Crippen molar-refractivity contribution in [1.29, 1.82) is 0 Å². The van der Waals surface area contributed by atoms with Crippen LogP contribution in [0.25, 0.3) is 0 Å². The second-order valence-corrected chi connectivity index (χ2v) is 8.36. The van der Waals surface area contributed by atoms with E-state index in [9.17, 15) is 18.0 Å². The summed E-state index contributed by atoms with van der Waals surface area (Å²) in [6.07, 6.45) is 4.84. The van der Waals surface area contributed by atoms with Crippen LogP contribution in [0.3, 0.4) is 0 Å². The fourth-order valence-corrected chi connectivity index (χ4v) is 5.00. The van der Waals surface area contributed by atoms with Gasteiger partial charge < -0.3 is 10.6 Å². The zero-order valence-corrected chi connectivity index (χ0v) is 14.5. The molecule has 8 heteroatoms. The molecule has 2 rings (SSSR count). The van der Waals surface area contributed by atoms with Crippen LogP contribution in [0.15, 0.2) is 0 Å². The lowest BCUT2D eigenvalue weighted by Gasteiger charge is -2.33. The van der Waals surface area contributed by atoms with Gasteiger partial charge in [-0.15, -0.1) is 0 Å². The molecule has 0 aliphatic carbocycles. The van der Waals surface area contributed by atoms with Crippen molar-refractivity contribution in [3.8, 4) is 0 Å². The molecule has 0 radical (unpaired) electrons. The lowest BCUT2D eigenvalue weighted by molar-refractivity contribution is -0.125. The third kappa shape index (κ3) is 4.91. The maximum absolute atomic E-state index is 12.4. The number of hydrogen-bond donors (Lipinski definition) is 2. The number of hydrogen-bond acceptors (Lipinski definition) is 4. The predicted molar refractivity (Wildman–Crippen MR) is 87.2 cm³/mol. The first kappa shape index (κ1) is 18.2. The van der Waals surface area contributed by atoms with E-state index in [-0.39, 0.29) is 23.6 Å². The number of rotatable bonds is 7. The SMILES string of the molecule is CCCS(=O)(=O)N1CCCC[C@H]1C(=O)NCC[C@@H]1CCC(=O)N1. The van der Waals surface area contributed by atoms with Crippen molar-refractivity contribution in [2.75, 3.05) is 18.8 Å². The van der Waals surface area contributed by atoms with Crippen LogP contribution < -0.4 is 10.6 Å². The van der Waals surface area contributed by atoms with E-state index >= 15 is 0 Å². The highest BCUT2D eigenvalue weighted by Crippen LogP contribution is 2.21. The minimum Gasteiger partial charge on any atom is -0.355 e. The van der Waals surface area contributed by atoms with Crippen LogP contribution in [-0.2, 0) is 19.6 Å². The average molecular weight is 345 g/mol. The topological polar surface area (TPSA) is 95.6 Å². The summed E-state index contributed by atoms with van der Waals surface area (Å²) >= 11 is 0. The standard InChI is InChI=1S/C15H27N3O4S/c1-2-11-23(21,22)18-10-4-3-5-13(18)15(20)16-9-8-12-6-7-14(19)17-12/h12-13H,2-11H2,1H3,(H,16,20)(H,17,19)/t12-,13-/m0/s1. The Morgan fingerprint density at radius 3 is 2.78 bits per heavy atom. The van der Waals surface area contributed by atoms with Crippen molar-refractivity contribution < 1.29 is 18.0 Å². The molecular weight excluding hydrogens is 318 g/mol. The molecule has 0 aromatic rings. The van der Waals surface area contributed by atoms with Crippen molar-refractivity contribution in [1.82, 2.24) is 14.9 Å². The molecule has 2 saturated heterocycles. The lowest BCUT2D eigenvalue weighted by Crippen LogP contribution is -2.52. The summed E-state index contributed by atoms with van der Waals surface area (Å²) in [6, 6.07) is -0.465. The molecule has 2 amide bonds. The van der Waals surface area contributed by atoms with Crippen LogP contribution >= 0.6 is 0 Å². The molecule has 0 spiro atoms. The van der Waals surface area contributed by atoms with E-state index in [1.165, 1.54) is 4.31 Å². The molecule has 132 valence electrons. The van der Waals surface area contributed by atoms with Crippen molar-refractivity contribution >= 4 is 21.8 Å². The van der Waals surface area contributed by atoms with Gasteiger partial charge in [-0.3, -0.25) is 9.59 Å². The van der Waals surface area contributed by atoms with Gasteiger partial charge in [0.1, 0.15) is 6.04 Å². The van der Waals surface area contributed by atoms with E-state index in [1.807, 2.05) is 6.92 Å². The van der Waals surface area contributed by atoms with Crippen LogP contribution in [0, 0.1) is 0 Å². The van der Waals surface area contributed by atoms with Crippen molar-refractivity contribution in [3.63, 3.8) is 0 Å². The summed E-state index contributed by atoms with van der Waals surface area (Å²) in [5.74, 6) is -0.0654. The molecule has 2 aliphatic heterocycles. The summed E-state index contributed by atoms with van der Waals surface area (Å²) in [7, 11) is -3.36. The highest BCUT2D eigenvalue weighted by Gasteiger charge is 2.36. The Kier molecular flexibility index (Phi) is 6.41. The number of sulfonamides is 1. The number of piperidine rings is 1. The van der Waals surface area contributed by atoms with Crippen LogP contribution in [0.1, 0.15) is 51.9 Å². The second kappa shape index (κ2) is 8.10. The zero-order chi connectivity index (χ0) is 16.9.